The average Bonchev–Trinajstić information content (AvgIpc) is 2.10. The zero-order valence-electron chi connectivity index (χ0n) is 11.8. The third kappa shape index (κ3) is 9.67. The van der Waals surface area contributed by atoms with Crippen LogP contribution in [0.3, 0.4) is 0 Å². The van der Waals surface area contributed by atoms with E-state index < -0.39 is 18.8 Å². The fourth-order valence-electron chi connectivity index (χ4n) is 1.45. The van der Waals surface area contributed by atoms with Crippen molar-refractivity contribution in [2.24, 2.45) is 0 Å². The molecule has 6 heteroatoms. The van der Waals surface area contributed by atoms with Crippen LogP contribution >= 0.6 is 0 Å². The highest BCUT2D eigenvalue weighted by Gasteiger charge is 2.32. The van der Waals surface area contributed by atoms with Gasteiger partial charge in [0.25, 0.3) is 0 Å². The van der Waals surface area contributed by atoms with E-state index in [1.54, 1.807) is 13.8 Å². The molecule has 0 aromatic rings. The Morgan fingerprint density at radius 1 is 1.17 bits per heavy atom. The van der Waals surface area contributed by atoms with Crippen molar-refractivity contribution >= 4 is 0 Å². The van der Waals surface area contributed by atoms with Crippen LogP contribution in [0.2, 0.25) is 0 Å². The molecule has 1 atom stereocenters. The van der Waals surface area contributed by atoms with Gasteiger partial charge in [0.2, 0.25) is 0 Å². The summed E-state index contributed by atoms with van der Waals surface area (Å²) in [5, 5.41) is 12.8. The van der Waals surface area contributed by atoms with Crippen molar-refractivity contribution < 1.29 is 18.3 Å². The molecule has 0 aromatic carbocycles. The normalized spacial score (nSPS) is 15.5. The molecule has 0 saturated heterocycles. The van der Waals surface area contributed by atoms with Crippen LogP contribution in [-0.4, -0.2) is 53.5 Å². The maximum Gasteiger partial charge on any atom is 0.401 e. The van der Waals surface area contributed by atoms with Gasteiger partial charge in [0.15, 0.2) is 0 Å². The monoisotopic (exact) mass is 270 g/mol. The lowest BCUT2D eigenvalue weighted by atomic mass is 10.1. The summed E-state index contributed by atoms with van der Waals surface area (Å²) < 4.78 is 37.1. The van der Waals surface area contributed by atoms with Gasteiger partial charge in [-0.15, -0.1) is 0 Å². The minimum atomic E-state index is -4.23. The molecule has 0 aliphatic heterocycles. The van der Waals surface area contributed by atoms with E-state index in [0.717, 1.165) is 0 Å². The van der Waals surface area contributed by atoms with E-state index in [-0.39, 0.29) is 24.7 Å². The molecule has 0 spiro atoms. The number of nitrogens with zero attached hydrogens (tertiary/aromatic N) is 1. The lowest BCUT2D eigenvalue weighted by Gasteiger charge is -2.30. The van der Waals surface area contributed by atoms with Crippen LogP contribution in [0.15, 0.2) is 0 Å². The molecule has 0 heterocycles. The van der Waals surface area contributed by atoms with Gasteiger partial charge in [-0.2, -0.15) is 13.2 Å². The number of hydrogen-bond donors (Lipinski definition) is 2. The van der Waals surface area contributed by atoms with Crippen LogP contribution < -0.4 is 5.32 Å². The van der Waals surface area contributed by atoms with Gasteiger partial charge in [0.1, 0.15) is 0 Å². The van der Waals surface area contributed by atoms with E-state index in [4.69, 9.17) is 0 Å². The van der Waals surface area contributed by atoms with Crippen LogP contribution in [0.4, 0.5) is 13.2 Å². The molecule has 0 radical (unpaired) electrons. The first-order chi connectivity index (χ1) is 7.91. The molecule has 0 bridgehead atoms. The van der Waals surface area contributed by atoms with E-state index in [0.29, 0.717) is 0 Å². The van der Waals surface area contributed by atoms with E-state index in [1.165, 1.54) is 4.90 Å². The summed E-state index contributed by atoms with van der Waals surface area (Å²) >= 11 is 0. The standard InChI is InChI=1S/C12H25F3N2O/c1-9(2)17(8-12(13,14)15)7-10(18)6-16-11(3,4)5/h9-10,16,18H,6-8H2,1-5H3. The van der Waals surface area contributed by atoms with Crippen LogP contribution in [0.25, 0.3) is 0 Å². The Kier molecular flexibility index (Phi) is 6.60. The highest BCUT2D eigenvalue weighted by Crippen LogP contribution is 2.18. The van der Waals surface area contributed by atoms with Gasteiger partial charge < -0.3 is 10.4 Å². The van der Waals surface area contributed by atoms with Crippen molar-refractivity contribution in [1.82, 2.24) is 10.2 Å². The number of aliphatic hydroxyl groups excluding tert-OH is 1. The minimum Gasteiger partial charge on any atom is -0.390 e. The number of rotatable bonds is 6. The molecule has 0 fully saturated rings. The molecule has 0 saturated carbocycles. The van der Waals surface area contributed by atoms with E-state index in [2.05, 4.69) is 5.32 Å². The van der Waals surface area contributed by atoms with Gasteiger partial charge in [0.05, 0.1) is 12.6 Å². The van der Waals surface area contributed by atoms with E-state index in [1.807, 2.05) is 20.8 Å². The Morgan fingerprint density at radius 3 is 2.00 bits per heavy atom. The summed E-state index contributed by atoms with van der Waals surface area (Å²) in [6.45, 7) is 8.51. The Hall–Kier alpha value is -0.330. The number of hydrogen-bond acceptors (Lipinski definition) is 3. The predicted octanol–water partition coefficient (Wildman–Crippen LogP) is 2.01. The maximum absolute atomic E-state index is 12.4. The van der Waals surface area contributed by atoms with Gasteiger partial charge in [-0.1, -0.05) is 0 Å². The maximum atomic E-state index is 12.4. The SMILES string of the molecule is CC(C)N(CC(O)CNC(C)(C)C)CC(F)(F)F. The average molecular weight is 270 g/mol. The number of aliphatic hydroxyl groups is 1. The second-order valence-electron chi connectivity index (χ2n) is 5.92. The summed E-state index contributed by atoms with van der Waals surface area (Å²) in [6.07, 6.45) is -5.05. The summed E-state index contributed by atoms with van der Waals surface area (Å²) in [4.78, 5) is 1.23. The highest BCUT2D eigenvalue weighted by molar-refractivity contribution is 4.76. The van der Waals surface area contributed by atoms with Gasteiger partial charge in [-0.3, -0.25) is 4.90 Å². The molecule has 0 amide bonds. The molecule has 3 nitrogen and oxygen atoms in total. The lowest BCUT2D eigenvalue weighted by molar-refractivity contribution is -0.152. The second-order valence-corrected chi connectivity index (χ2v) is 5.92. The lowest BCUT2D eigenvalue weighted by Crippen LogP contribution is -2.48. The number of β-amino-alcohol motifs (C(OH)–C–C–N with tert-alkyl or cyclic N) is 1. The van der Waals surface area contributed by atoms with Crippen LogP contribution in [-0.2, 0) is 0 Å². The first-order valence-electron chi connectivity index (χ1n) is 6.14. The summed E-state index contributed by atoms with van der Waals surface area (Å²) in [6, 6.07) is -0.254. The van der Waals surface area contributed by atoms with Crippen molar-refractivity contribution in [3.8, 4) is 0 Å². The summed E-state index contributed by atoms with van der Waals surface area (Å²) in [5.41, 5.74) is -0.159. The number of alkyl halides is 3. The molecule has 0 aliphatic carbocycles. The van der Waals surface area contributed by atoms with E-state index in [9.17, 15) is 18.3 Å². The largest absolute Gasteiger partial charge is 0.401 e. The van der Waals surface area contributed by atoms with Gasteiger partial charge in [-0.05, 0) is 34.6 Å². The highest BCUT2D eigenvalue weighted by atomic mass is 19.4. The van der Waals surface area contributed by atoms with Crippen molar-refractivity contribution in [2.75, 3.05) is 19.6 Å². The van der Waals surface area contributed by atoms with Crippen molar-refractivity contribution in [2.45, 2.75) is 58.5 Å². The fraction of sp³-hybridized carbons (Fsp3) is 1.00. The zero-order valence-corrected chi connectivity index (χ0v) is 11.8. The fourth-order valence-corrected chi connectivity index (χ4v) is 1.45. The molecule has 2 N–H and O–H groups in total. The van der Waals surface area contributed by atoms with Crippen LogP contribution in [0, 0.1) is 0 Å². The quantitative estimate of drug-likeness (QED) is 0.775. The van der Waals surface area contributed by atoms with Crippen molar-refractivity contribution in [1.29, 1.82) is 0 Å². The second kappa shape index (κ2) is 6.73. The molecule has 110 valence electrons. The first kappa shape index (κ1) is 17.7. The third-order valence-corrected chi connectivity index (χ3v) is 2.43. The zero-order chi connectivity index (χ0) is 14.6. The topological polar surface area (TPSA) is 35.5 Å². The molecular formula is C12H25F3N2O. The molecule has 0 aromatic heterocycles. The first-order valence-corrected chi connectivity index (χ1v) is 6.14. The van der Waals surface area contributed by atoms with Crippen molar-refractivity contribution in [3.63, 3.8) is 0 Å². The molecular weight excluding hydrogens is 245 g/mol. The Labute approximate surface area is 107 Å². The molecule has 0 rings (SSSR count). The minimum absolute atomic E-state index is 0.0141. The third-order valence-electron chi connectivity index (χ3n) is 2.43. The molecule has 18 heavy (non-hydrogen) atoms. The van der Waals surface area contributed by atoms with Gasteiger partial charge >= 0.3 is 6.18 Å². The van der Waals surface area contributed by atoms with Crippen LogP contribution in [0.1, 0.15) is 34.6 Å². The van der Waals surface area contributed by atoms with E-state index >= 15 is 0 Å². The Bertz CT molecular complexity index is 236. The van der Waals surface area contributed by atoms with Gasteiger partial charge in [-0.25, -0.2) is 0 Å². The molecule has 0 aliphatic rings. The predicted molar refractivity (Wildman–Crippen MR) is 66.5 cm³/mol. The van der Waals surface area contributed by atoms with Gasteiger partial charge in [0, 0.05) is 24.7 Å². The summed E-state index contributed by atoms with van der Waals surface area (Å²) in [5.74, 6) is 0. The Balaban J connectivity index is 4.25. The number of halogens is 3. The van der Waals surface area contributed by atoms with Crippen molar-refractivity contribution in [3.05, 3.63) is 0 Å². The molecule has 1 unspecified atom stereocenters. The summed E-state index contributed by atoms with van der Waals surface area (Å²) in [7, 11) is 0. The Morgan fingerprint density at radius 2 is 1.67 bits per heavy atom. The number of nitrogens with one attached hydrogen (secondary N) is 1. The smallest absolute Gasteiger partial charge is 0.390 e. The van der Waals surface area contributed by atoms with Crippen LogP contribution in [0.5, 0.6) is 0 Å².